The smallest absolute Gasteiger partial charge is 0.0196 e. The highest BCUT2D eigenvalue weighted by Crippen LogP contribution is 2.18. The Bertz CT molecular complexity index is 323. The molecule has 1 aromatic rings. The second-order valence-corrected chi connectivity index (χ2v) is 6.22. The highest BCUT2D eigenvalue weighted by Gasteiger charge is 2.27. The van der Waals surface area contributed by atoms with Crippen LogP contribution in [0.15, 0.2) is 17.5 Å². The van der Waals surface area contributed by atoms with Crippen LogP contribution in [-0.2, 0) is 6.42 Å². The second kappa shape index (κ2) is 5.98. The van der Waals surface area contributed by atoms with Crippen molar-refractivity contribution in [3.05, 3.63) is 22.4 Å². The van der Waals surface area contributed by atoms with Crippen molar-refractivity contribution in [3.8, 4) is 0 Å². The Labute approximate surface area is 109 Å². The molecule has 3 heteroatoms. The number of nitrogens with one attached hydrogen (secondary N) is 1. The minimum atomic E-state index is 0.653. The van der Waals surface area contributed by atoms with Crippen LogP contribution in [0.5, 0.6) is 0 Å². The van der Waals surface area contributed by atoms with Crippen molar-refractivity contribution in [3.63, 3.8) is 0 Å². The van der Waals surface area contributed by atoms with Crippen molar-refractivity contribution in [2.75, 3.05) is 13.1 Å². The summed E-state index contributed by atoms with van der Waals surface area (Å²) in [7, 11) is 0. The van der Waals surface area contributed by atoms with Gasteiger partial charge in [0, 0.05) is 36.1 Å². The monoisotopic (exact) mass is 252 g/mol. The van der Waals surface area contributed by atoms with Crippen LogP contribution in [0, 0.1) is 0 Å². The van der Waals surface area contributed by atoms with Gasteiger partial charge in [-0.2, -0.15) is 0 Å². The Morgan fingerprint density at radius 1 is 1.59 bits per heavy atom. The van der Waals surface area contributed by atoms with Crippen molar-refractivity contribution in [1.29, 1.82) is 0 Å². The van der Waals surface area contributed by atoms with E-state index < -0.39 is 0 Å². The van der Waals surface area contributed by atoms with E-state index in [1.54, 1.807) is 0 Å². The van der Waals surface area contributed by atoms with Crippen molar-refractivity contribution in [1.82, 2.24) is 10.2 Å². The van der Waals surface area contributed by atoms with Gasteiger partial charge < -0.3 is 5.32 Å². The van der Waals surface area contributed by atoms with E-state index in [9.17, 15) is 0 Å². The Hall–Kier alpha value is -0.380. The molecular formula is C14H24N2S. The normalized spacial score (nSPS) is 28.2. The van der Waals surface area contributed by atoms with E-state index in [2.05, 4.69) is 48.5 Å². The third-order valence-corrected chi connectivity index (χ3v) is 4.73. The van der Waals surface area contributed by atoms with Crippen molar-refractivity contribution < 1.29 is 0 Å². The van der Waals surface area contributed by atoms with Gasteiger partial charge in [0.25, 0.3) is 0 Å². The molecule has 3 unspecified atom stereocenters. The van der Waals surface area contributed by atoms with E-state index in [0.717, 1.165) is 6.54 Å². The molecule has 0 radical (unpaired) electrons. The average Bonchev–Trinajstić information content (AvgIpc) is 2.82. The summed E-state index contributed by atoms with van der Waals surface area (Å²) < 4.78 is 0. The van der Waals surface area contributed by atoms with E-state index in [0.29, 0.717) is 18.1 Å². The quantitative estimate of drug-likeness (QED) is 0.886. The lowest BCUT2D eigenvalue weighted by atomic mass is 10.0. The molecule has 1 aliphatic rings. The molecule has 0 spiro atoms. The van der Waals surface area contributed by atoms with Gasteiger partial charge in [-0.05, 0) is 38.1 Å². The molecular weight excluding hydrogens is 228 g/mol. The molecule has 1 aromatic heterocycles. The van der Waals surface area contributed by atoms with Crippen molar-refractivity contribution in [2.24, 2.45) is 0 Å². The first kappa shape index (κ1) is 13.1. The topological polar surface area (TPSA) is 15.3 Å². The molecule has 0 saturated carbocycles. The number of piperazine rings is 1. The van der Waals surface area contributed by atoms with Crippen LogP contribution in [0.25, 0.3) is 0 Å². The maximum Gasteiger partial charge on any atom is 0.0196 e. The average molecular weight is 252 g/mol. The van der Waals surface area contributed by atoms with Gasteiger partial charge in [0.15, 0.2) is 0 Å². The minimum Gasteiger partial charge on any atom is -0.311 e. The number of thiophene rings is 1. The molecule has 0 aliphatic carbocycles. The summed E-state index contributed by atoms with van der Waals surface area (Å²) in [5.74, 6) is 0. The van der Waals surface area contributed by atoms with Crippen molar-refractivity contribution in [2.45, 2.75) is 51.7 Å². The molecule has 1 saturated heterocycles. The van der Waals surface area contributed by atoms with Gasteiger partial charge in [-0.1, -0.05) is 13.0 Å². The van der Waals surface area contributed by atoms with E-state index in [1.165, 1.54) is 24.3 Å². The van der Waals surface area contributed by atoms with Crippen molar-refractivity contribution >= 4 is 11.3 Å². The van der Waals surface area contributed by atoms with Crippen LogP contribution >= 0.6 is 11.3 Å². The molecule has 2 nitrogen and oxygen atoms in total. The van der Waals surface area contributed by atoms with Gasteiger partial charge in [0.1, 0.15) is 0 Å². The molecule has 1 fully saturated rings. The predicted octanol–water partition coefficient (Wildman–Crippen LogP) is 2.75. The molecule has 17 heavy (non-hydrogen) atoms. The molecule has 96 valence electrons. The Morgan fingerprint density at radius 2 is 2.41 bits per heavy atom. The molecule has 1 aliphatic heterocycles. The van der Waals surface area contributed by atoms with Gasteiger partial charge in [-0.25, -0.2) is 0 Å². The Balaban J connectivity index is 1.94. The summed E-state index contributed by atoms with van der Waals surface area (Å²) >= 11 is 1.88. The largest absolute Gasteiger partial charge is 0.311 e. The van der Waals surface area contributed by atoms with Crippen LogP contribution < -0.4 is 5.32 Å². The highest BCUT2D eigenvalue weighted by molar-refractivity contribution is 7.09. The first-order chi connectivity index (χ1) is 8.20. The molecule has 1 N–H and O–H groups in total. The van der Waals surface area contributed by atoms with E-state index >= 15 is 0 Å². The third kappa shape index (κ3) is 3.30. The molecule has 0 aromatic carbocycles. The third-order valence-electron chi connectivity index (χ3n) is 3.83. The van der Waals surface area contributed by atoms with Gasteiger partial charge in [-0.3, -0.25) is 4.90 Å². The molecule has 2 rings (SSSR count). The molecule has 0 amide bonds. The van der Waals surface area contributed by atoms with Crippen LogP contribution in [-0.4, -0.2) is 36.1 Å². The van der Waals surface area contributed by atoms with Crippen LogP contribution in [0.1, 0.15) is 32.1 Å². The first-order valence-corrected chi connectivity index (χ1v) is 7.60. The van der Waals surface area contributed by atoms with E-state index in [1.807, 2.05) is 11.3 Å². The lowest BCUT2D eigenvalue weighted by Gasteiger charge is -2.42. The van der Waals surface area contributed by atoms with Gasteiger partial charge >= 0.3 is 0 Å². The zero-order valence-electron chi connectivity index (χ0n) is 11.1. The summed E-state index contributed by atoms with van der Waals surface area (Å²) in [6, 6.07) is 6.40. The lowest BCUT2D eigenvalue weighted by Crippen LogP contribution is -2.58. The lowest BCUT2D eigenvalue weighted by molar-refractivity contribution is 0.0978. The number of rotatable bonds is 4. The fourth-order valence-electron chi connectivity index (χ4n) is 2.68. The van der Waals surface area contributed by atoms with Crippen LogP contribution in [0.4, 0.5) is 0 Å². The second-order valence-electron chi connectivity index (χ2n) is 5.19. The summed E-state index contributed by atoms with van der Waals surface area (Å²) in [5, 5.41) is 5.80. The number of hydrogen-bond acceptors (Lipinski definition) is 3. The summed E-state index contributed by atoms with van der Waals surface area (Å²) in [4.78, 5) is 4.18. The van der Waals surface area contributed by atoms with Gasteiger partial charge in [0.05, 0.1) is 0 Å². The van der Waals surface area contributed by atoms with Gasteiger partial charge in [0.2, 0.25) is 0 Å². The molecule has 3 atom stereocenters. The van der Waals surface area contributed by atoms with E-state index in [-0.39, 0.29) is 0 Å². The summed E-state index contributed by atoms with van der Waals surface area (Å²) in [6.07, 6.45) is 2.42. The van der Waals surface area contributed by atoms with E-state index in [4.69, 9.17) is 0 Å². The fourth-order valence-corrected chi connectivity index (χ4v) is 3.50. The summed E-state index contributed by atoms with van der Waals surface area (Å²) in [6.45, 7) is 9.31. The maximum atomic E-state index is 3.62. The zero-order valence-corrected chi connectivity index (χ0v) is 12.0. The fraction of sp³-hybridized carbons (Fsp3) is 0.714. The van der Waals surface area contributed by atoms with Crippen LogP contribution in [0.3, 0.4) is 0 Å². The SMILES string of the molecule is CCC1CN(C(C)Cc2cccs2)C(C)CN1. The molecule has 2 heterocycles. The first-order valence-electron chi connectivity index (χ1n) is 6.72. The zero-order chi connectivity index (χ0) is 12.3. The summed E-state index contributed by atoms with van der Waals surface area (Å²) in [5.41, 5.74) is 0. The maximum absolute atomic E-state index is 3.62. The predicted molar refractivity (Wildman–Crippen MR) is 75.7 cm³/mol. The molecule has 0 bridgehead atoms. The number of nitrogens with zero attached hydrogens (tertiary/aromatic N) is 1. The minimum absolute atomic E-state index is 0.653. The van der Waals surface area contributed by atoms with Gasteiger partial charge in [-0.15, -0.1) is 11.3 Å². The Kier molecular flexibility index (Phi) is 4.60. The standard InChI is InChI=1S/C14H24N2S/c1-4-13-10-16(12(3)9-15-13)11(2)8-14-6-5-7-17-14/h5-7,11-13,15H,4,8-10H2,1-3H3. The van der Waals surface area contributed by atoms with Crippen LogP contribution in [0.2, 0.25) is 0 Å². The Morgan fingerprint density at radius 3 is 3.06 bits per heavy atom. The number of hydrogen-bond donors (Lipinski definition) is 1. The highest BCUT2D eigenvalue weighted by atomic mass is 32.1.